The molecule has 1 heterocycles. The molecule has 0 aliphatic carbocycles. The van der Waals surface area contributed by atoms with E-state index < -0.39 is 0 Å². The van der Waals surface area contributed by atoms with Gasteiger partial charge in [-0.05, 0) is 50.8 Å². The maximum Gasteiger partial charge on any atom is 0.251 e. The number of likely N-dealkylation sites (N-methyl/N-ethyl adjacent to an activating group) is 1. The van der Waals surface area contributed by atoms with E-state index in [0.29, 0.717) is 30.3 Å². The van der Waals surface area contributed by atoms with Crippen molar-refractivity contribution in [1.82, 2.24) is 15.2 Å². The summed E-state index contributed by atoms with van der Waals surface area (Å²) < 4.78 is 5.78. The number of amides is 1. The Bertz CT molecular complexity index is 707. The monoisotopic (exact) mass is 364 g/mol. The van der Waals surface area contributed by atoms with Gasteiger partial charge in [-0.1, -0.05) is 6.07 Å². The molecule has 136 valence electrons. The number of aryl methyl sites for hydroxylation is 1. The predicted molar refractivity (Wildman–Crippen MR) is 102 cm³/mol. The predicted octanol–water partition coefficient (Wildman–Crippen LogP) is 2.35. The van der Waals surface area contributed by atoms with Crippen LogP contribution in [0.3, 0.4) is 0 Å². The molecular formula is C18H25ClN4O2. The maximum atomic E-state index is 12.2. The van der Waals surface area contributed by atoms with Crippen LogP contribution in [0, 0.1) is 6.92 Å². The fourth-order valence-corrected chi connectivity index (χ4v) is 2.19. The Labute approximate surface area is 154 Å². The molecule has 0 saturated heterocycles. The first kappa shape index (κ1) is 20.9. The van der Waals surface area contributed by atoms with E-state index in [4.69, 9.17) is 10.5 Å². The lowest BCUT2D eigenvalue weighted by atomic mass is 10.2. The number of benzene rings is 1. The molecule has 0 spiro atoms. The highest BCUT2D eigenvalue weighted by atomic mass is 35.5. The van der Waals surface area contributed by atoms with Crippen molar-refractivity contribution in [1.29, 1.82) is 0 Å². The number of nitrogens with zero attached hydrogens (tertiary/aromatic N) is 2. The van der Waals surface area contributed by atoms with E-state index in [1.165, 1.54) is 0 Å². The minimum Gasteiger partial charge on any atom is -0.439 e. The Morgan fingerprint density at radius 2 is 2.04 bits per heavy atom. The highest BCUT2D eigenvalue weighted by Crippen LogP contribution is 2.22. The minimum absolute atomic E-state index is 0. The first-order valence-electron chi connectivity index (χ1n) is 7.86. The van der Waals surface area contributed by atoms with Crippen molar-refractivity contribution in [3.05, 3.63) is 53.2 Å². The molecule has 0 bridgehead atoms. The molecule has 6 nitrogen and oxygen atoms in total. The molecule has 2 rings (SSSR count). The van der Waals surface area contributed by atoms with Crippen LogP contribution in [-0.4, -0.2) is 43.0 Å². The van der Waals surface area contributed by atoms with E-state index in [0.717, 1.165) is 17.8 Å². The number of carbonyl (C=O) groups excluding carboxylic acids is 1. The summed E-state index contributed by atoms with van der Waals surface area (Å²) in [6.07, 6.45) is 0. The van der Waals surface area contributed by atoms with Gasteiger partial charge in [0.05, 0.1) is 0 Å². The van der Waals surface area contributed by atoms with Gasteiger partial charge in [0, 0.05) is 37.0 Å². The number of hydrogen-bond donors (Lipinski definition) is 2. The Hall–Kier alpha value is -2.15. The first-order valence-corrected chi connectivity index (χ1v) is 7.86. The molecule has 0 aliphatic rings. The van der Waals surface area contributed by atoms with Crippen molar-refractivity contribution in [2.24, 2.45) is 5.73 Å². The lowest BCUT2D eigenvalue weighted by molar-refractivity contribution is 0.0950. The summed E-state index contributed by atoms with van der Waals surface area (Å²) in [6, 6.07) is 10.8. The summed E-state index contributed by atoms with van der Waals surface area (Å²) in [6.45, 7) is 3.70. The molecule has 1 aromatic carbocycles. The van der Waals surface area contributed by atoms with Gasteiger partial charge in [0.2, 0.25) is 5.88 Å². The number of nitrogens with one attached hydrogen (secondary N) is 1. The summed E-state index contributed by atoms with van der Waals surface area (Å²) in [5.74, 6) is 0.916. The third-order valence-electron chi connectivity index (χ3n) is 3.39. The topological polar surface area (TPSA) is 80.5 Å². The van der Waals surface area contributed by atoms with Crippen molar-refractivity contribution in [3.63, 3.8) is 0 Å². The van der Waals surface area contributed by atoms with Crippen molar-refractivity contribution >= 4 is 18.3 Å². The lowest BCUT2D eigenvalue weighted by Gasteiger charge is -2.11. The van der Waals surface area contributed by atoms with Crippen LogP contribution in [0.1, 0.15) is 21.6 Å². The average Bonchev–Trinajstić information content (AvgIpc) is 2.54. The normalized spacial score (nSPS) is 10.3. The number of ether oxygens (including phenoxy) is 1. The zero-order valence-electron chi connectivity index (χ0n) is 14.8. The fraction of sp³-hybridized carbons (Fsp3) is 0.333. The summed E-state index contributed by atoms with van der Waals surface area (Å²) in [5, 5.41) is 2.88. The van der Waals surface area contributed by atoms with Crippen LogP contribution in [0.4, 0.5) is 0 Å². The van der Waals surface area contributed by atoms with Crippen molar-refractivity contribution in [3.8, 4) is 11.6 Å². The molecule has 3 N–H and O–H groups in total. The van der Waals surface area contributed by atoms with E-state index in [1.54, 1.807) is 30.3 Å². The van der Waals surface area contributed by atoms with Crippen LogP contribution < -0.4 is 15.8 Å². The Morgan fingerprint density at radius 3 is 2.72 bits per heavy atom. The number of carbonyl (C=O) groups is 1. The molecule has 0 fully saturated rings. The largest absolute Gasteiger partial charge is 0.439 e. The van der Waals surface area contributed by atoms with E-state index in [2.05, 4.69) is 10.3 Å². The number of aromatic nitrogens is 1. The fourth-order valence-electron chi connectivity index (χ4n) is 2.19. The molecule has 0 radical (unpaired) electrons. The van der Waals surface area contributed by atoms with Gasteiger partial charge in [0.1, 0.15) is 5.75 Å². The van der Waals surface area contributed by atoms with Gasteiger partial charge in [-0.2, -0.15) is 0 Å². The summed E-state index contributed by atoms with van der Waals surface area (Å²) in [4.78, 5) is 18.5. The standard InChI is InChI=1S/C18H24N4O2.ClH/c1-13-9-14(12-19)10-17(21-13)24-16-6-4-5-15(11-16)18(23)20-7-8-22(2)3;/h4-6,9-11H,7-8,12,19H2,1-3H3,(H,20,23);1H. The van der Waals surface area contributed by atoms with Crippen LogP contribution in [0.25, 0.3) is 0 Å². The Balaban J connectivity index is 0.00000312. The van der Waals surface area contributed by atoms with Gasteiger partial charge in [-0.25, -0.2) is 4.98 Å². The number of hydrogen-bond acceptors (Lipinski definition) is 5. The van der Waals surface area contributed by atoms with Crippen molar-refractivity contribution in [2.45, 2.75) is 13.5 Å². The highest BCUT2D eigenvalue weighted by molar-refractivity contribution is 5.94. The Kier molecular flexibility index (Phi) is 8.34. The molecule has 1 amide bonds. The maximum absolute atomic E-state index is 12.2. The van der Waals surface area contributed by atoms with E-state index in [-0.39, 0.29) is 18.3 Å². The summed E-state index contributed by atoms with van der Waals surface area (Å²) >= 11 is 0. The lowest BCUT2D eigenvalue weighted by Crippen LogP contribution is -2.31. The van der Waals surface area contributed by atoms with Crippen LogP contribution >= 0.6 is 12.4 Å². The Morgan fingerprint density at radius 1 is 1.28 bits per heavy atom. The molecule has 7 heteroatoms. The van der Waals surface area contributed by atoms with Gasteiger partial charge in [-0.15, -0.1) is 12.4 Å². The zero-order valence-corrected chi connectivity index (χ0v) is 15.6. The molecule has 0 atom stereocenters. The number of pyridine rings is 1. The number of nitrogens with two attached hydrogens (primary N) is 1. The molecule has 0 aliphatic heterocycles. The molecule has 0 unspecified atom stereocenters. The zero-order chi connectivity index (χ0) is 17.5. The third-order valence-corrected chi connectivity index (χ3v) is 3.39. The second kappa shape index (κ2) is 9.98. The molecule has 25 heavy (non-hydrogen) atoms. The van der Waals surface area contributed by atoms with E-state index >= 15 is 0 Å². The molecular weight excluding hydrogens is 340 g/mol. The minimum atomic E-state index is -0.123. The van der Waals surface area contributed by atoms with Crippen molar-refractivity contribution < 1.29 is 9.53 Å². The quantitative estimate of drug-likeness (QED) is 0.788. The van der Waals surface area contributed by atoms with Crippen molar-refractivity contribution in [2.75, 3.05) is 27.2 Å². The van der Waals surface area contributed by atoms with Crippen LogP contribution in [0.15, 0.2) is 36.4 Å². The van der Waals surface area contributed by atoms with Gasteiger partial charge >= 0.3 is 0 Å². The van der Waals surface area contributed by atoms with Crippen LogP contribution in [0.2, 0.25) is 0 Å². The number of halogens is 1. The van der Waals surface area contributed by atoms with Gasteiger partial charge in [-0.3, -0.25) is 4.79 Å². The van der Waals surface area contributed by atoms with Gasteiger partial charge in [0.15, 0.2) is 0 Å². The smallest absolute Gasteiger partial charge is 0.251 e. The van der Waals surface area contributed by atoms with Crippen LogP contribution in [0.5, 0.6) is 11.6 Å². The second-order valence-corrected chi connectivity index (χ2v) is 5.85. The number of rotatable bonds is 7. The SMILES string of the molecule is Cc1cc(CN)cc(Oc2cccc(C(=O)NCCN(C)C)c2)n1.Cl. The van der Waals surface area contributed by atoms with E-state index in [9.17, 15) is 4.79 Å². The van der Waals surface area contributed by atoms with Gasteiger partial charge < -0.3 is 20.7 Å². The summed E-state index contributed by atoms with van der Waals surface area (Å²) in [5.41, 5.74) is 8.02. The third kappa shape index (κ3) is 6.70. The molecule has 0 saturated carbocycles. The highest BCUT2D eigenvalue weighted by Gasteiger charge is 2.08. The molecule has 1 aromatic heterocycles. The molecule has 2 aromatic rings. The van der Waals surface area contributed by atoms with Crippen LogP contribution in [-0.2, 0) is 6.54 Å². The second-order valence-electron chi connectivity index (χ2n) is 5.85. The average molecular weight is 365 g/mol. The summed E-state index contributed by atoms with van der Waals surface area (Å²) in [7, 11) is 3.93. The first-order chi connectivity index (χ1) is 11.5. The van der Waals surface area contributed by atoms with E-state index in [1.807, 2.05) is 32.0 Å². The van der Waals surface area contributed by atoms with Gasteiger partial charge in [0.25, 0.3) is 5.91 Å².